The molecule has 0 aliphatic rings. The standard InChI is InChI=1S/C16H17FO4S/c1-16(18,12-3-5-13(17)6-4-12)11-22(19,20)15-9-7-14(21-2)8-10-15/h3-10,18H,11H2,1-2H3. The van der Waals surface area contributed by atoms with Gasteiger partial charge in [0.15, 0.2) is 9.84 Å². The normalized spacial score (nSPS) is 14.4. The zero-order valence-corrected chi connectivity index (χ0v) is 13.1. The number of methoxy groups -OCH3 is 1. The summed E-state index contributed by atoms with van der Waals surface area (Å²) < 4.78 is 42.7. The van der Waals surface area contributed by atoms with Gasteiger partial charge in [0.2, 0.25) is 0 Å². The summed E-state index contributed by atoms with van der Waals surface area (Å²) in [4.78, 5) is 0.0932. The molecule has 118 valence electrons. The summed E-state index contributed by atoms with van der Waals surface area (Å²) in [5.74, 6) is -0.403. The summed E-state index contributed by atoms with van der Waals surface area (Å²) >= 11 is 0. The Hall–Kier alpha value is -1.92. The van der Waals surface area contributed by atoms with Crippen LogP contribution < -0.4 is 4.74 Å². The van der Waals surface area contributed by atoms with E-state index in [1.165, 1.54) is 50.4 Å². The molecule has 0 bridgehead atoms. The number of sulfone groups is 1. The molecular weight excluding hydrogens is 307 g/mol. The number of halogens is 1. The second-order valence-corrected chi connectivity index (χ2v) is 7.20. The molecule has 0 spiro atoms. The zero-order chi connectivity index (χ0) is 16.4. The van der Waals surface area contributed by atoms with Crippen LogP contribution in [0.4, 0.5) is 4.39 Å². The van der Waals surface area contributed by atoms with E-state index < -0.39 is 27.0 Å². The molecule has 0 aromatic heterocycles. The number of rotatable bonds is 5. The molecule has 1 atom stereocenters. The van der Waals surface area contributed by atoms with Gasteiger partial charge in [-0.2, -0.15) is 0 Å². The Kier molecular flexibility index (Phi) is 4.53. The summed E-state index contributed by atoms with van der Waals surface area (Å²) in [6, 6.07) is 11.0. The minimum Gasteiger partial charge on any atom is -0.497 e. The van der Waals surface area contributed by atoms with Gasteiger partial charge in [-0.25, -0.2) is 12.8 Å². The Morgan fingerprint density at radius 3 is 2.14 bits per heavy atom. The van der Waals surface area contributed by atoms with Crippen molar-refractivity contribution in [3.63, 3.8) is 0 Å². The Morgan fingerprint density at radius 2 is 1.64 bits per heavy atom. The molecule has 4 nitrogen and oxygen atoms in total. The first-order chi connectivity index (χ1) is 10.2. The van der Waals surface area contributed by atoms with Crippen LogP contribution in [0.1, 0.15) is 12.5 Å². The second kappa shape index (κ2) is 6.06. The molecule has 2 aromatic rings. The Balaban J connectivity index is 2.27. The number of benzene rings is 2. The van der Waals surface area contributed by atoms with Gasteiger partial charge >= 0.3 is 0 Å². The number of ether oxygens (including phenoxy) is 1. The lowest BCUT2D eigenvalue weighted by Crippen LogP contribution is -2.31. The average Bonchev–Trinajstić information content (AvgIpc) is 2.46. The van der Waals surface area contributed by atoms with Gasteiger partial charge in [0.05, 0.1) is 17.8 Å². The molecule has 1 N–H and O–H groups in total. The zero-order valence-electron chi connectivity index (χ0n) is 12.3. The van der Waals surface area contributed by atoms with Gasteiger partial charge in [-0.1, -0.05) is 12.1 Å². The van der Waals surface area contributed by atoms with Gasteiger partial charge in [0.1, 0.15) is 17.2 Å². The quantitative estimate of drug-likeness (QED) is 0.918. The van der Waals surface area contributed by atoms with E-state index in [2.05, 4.69) is 0 Å². The molecule has 0 radical (unpaired) electrons. The Morgan fingerprint density at radius 1 is 1.09 bits per heavy atom. The van der Waals surface area contributed by atoms with Crippen molar-refractivity contribution < 1.29 is 22.7 Å². The van der Waals surface area contributed by atoms with Crippen molar-refractivity contribution in [2.45, 2.75) is 17.4 Å². The summed E-state index contributed by atoms with van der Waals surface area (Å²) in [6.07, 6.45) is 0. The van der Waals surface area contributed by atoms with Crippen molar-refractivity contribution in [2.24, 2.45) is 0 Å². The van der Waals surface area contributed by atoms with E-state index in [-0.39, 0.29) is 4.90 Å². The van der Waals surface area contributed by atoms with Crippen LogP contribution >= 0.6 is 0 Å². The highest BCUT2D eigenvalue weighted by molar-refractivity contribution is 7.91. The maximum absolute atomic E-state index is 12.9. The second-order valence-electron chi connectivity index (χ2n) is 5.22. The molecule has 0 amide bonds. The molecule has 0 saturated carbocycles. The number of hydrogen-bond acceptors (Lipinski definition) is 4. The summed E-state index contributed by atoms with van der Waals surface area (Å²) in [7, 11) is -2.21. The van der Waals surface area contributed by atoms with Crippen LogP contribution in [0.3, 0.4) is 0 Å². The van der Waals surface area contributed by atoms with Gasteiger partial charge in [-0.05, 0) is 48.9 Å². The molecule has 6 heteroatoms. The topological polar surface area (TPSA) is 63.6 Å². The van der Waals surface area contributed by atoms with Crippen molar-refractivity contribution in [3.8, 4) is 5.75 Å². The van der Waals surface area contributed by atoms with E-state index in [1.807, 2.05) is 0 Å². The highest BCUT2D eigenvalue weighted by atomic mass is 32.2. The van der Waals surface area contributed by atoms with E-state index in [0.29, 0.717) is 11.3 Å². The molecule has 0 aliphatic heterocycles. The minimum absolute atomic E-state index is 0.0932. The van der Waals surface area contributed by atoms with Crippen LogP contribution in [0, 0.1) is 5.82 Å². The average molecular weight is 324 g/mol. The minimum atomic E-state index is -3.70. The lowest BCUT2D eigenvalue weighted by molar-refractivity contribution is 0.0819. The molecule has 2 rings (SSSR count). The highest BCUT2D eigenvalue weighted by Crippen LogP contribution is 2.26. The third-order valence-corrected chi connectivity index (χ3v) is 5.29. The van der Waals surface area contributed by atoms with Crippen LogP contribution in [0.2, 0.25) is 0 Å². The molecule has 0 saturated heterocycles. The lowest BCUT2D eigenvalue weighted by Gasteiger charge is -2.23. The fourth-order valence-corrected chi connectivity index (χ4v) is 3.75. The maximum atomic E-state index is 12.9. The van der Waals surface area contributed by atoms with E-state index >= 15 is 0 Å². The third kappa shape index (κ3) is 3.64. The molecule has 22 heavy (non-hydrogen) atoms. The van der Waals surface area contributed by atoms with Crippen LogP contribution in [0.25, 0.3) is 0 Å². The van der Waals surface area contributed by atoms with Crippen molar-refractivity contribution in [2.75, 3.05) is 12.9 Å². The molecule has 0 fully saturated rings. The number of aliphatic hydroxyl groups is 1. The SMILES string of the molecule is COc1ccc(S(=O)(=O)CC(C)(O)c2ccc(F)cc2)cc1. The van der Waals surface area contributed by atoms with Crippen LogP contribution in [0.15, 0.2) is 53.4 Å². The summed E-state index contributed by atoms with van der Waals surface area (Å²) in [5, 5.41) is 10.4. The largest absolute Gasteiger partial charge is 0.497 e. The third-order valence-electron chi connectivity index (χ3n) is 3.36. The smallest absolute Gasteiger partial charge is 0.181 e. The molecule has 0 heterocycles. The van der Waals surface area contributed by atoms with Crippen molar-refractivity contribution >= 4 is 9.84 Å². The Bertz CT molecular complexity index is 735. The van der Waals surface area contributed by atoms with Crippen LogP contribution in [-0.4, -0.2) is 26.4 Å². The Labute approximate surface area is 129 Å². The van der Waals surface area contributed by atoms with Gasteiger partial charge in [0, 0.05) is 0 Å². The molecule has 1 unspecified atom stereocenters. The molecular formula is C16H17FO4S. The van der Waals surface area contributed by atoms with Gasteiger partial charge in [0.25, 0.3) is 0 Å². The lowest BCUT2D eigenvalue weighted by atomic mass is 9.98. The van der Waals surface area contributed by atoms with Gasteiger partial charge < -0.3 is 9.84 Å². The van der Waals surface area contributed by atoms with Gasteiger partial charge in [-0.3, -0.25) is 0 Å². The predicted octanol–water partition coefficient (Wildman–Crippen LogP) is 2.52. The van der Waals surface area contributed by atoms with E-state index in [4.69, 9.17) is 4.74 Å². The molecule has 0 aliphatic carbocycles. The van der Waals surface area contributed by atoms with Crippen molar-refractivity contribution in [1.29, 1.82) is 0 Å². The van der Waals surface area contributed by atoms with Gasteiger partial charge in [-0.15, -0.1) is 0 Å². The van der Waals surface area contributed by atoms with Crippen LogP contribution in [-0.2, 0) is 15.4 Å². The first kappa shape index (κ1) is 16.5. The first-order valence-corrected chi connectivity index (χ1v) is 8.25. The number of hydrogen-bond donors (Lipinski definition) is 1. The van der Waals surface area contributed by atoms with E-state index in [0.717, 1.165) is 0 Å². The summed E-state index contributed by atoms with van der Waals surface area (Å²) in [5.41, 5.74) is -1.28. The van der Waals surface area contributed by atoms with E-state index in [1.54, 1.807) is 12.1 Å². The monoisotopic (exact) mass is 324 g/mol. The maximum Gasteiger partial charge on any atom is 0.181 e. The summed E-state index contributed by atoms with van der Waals surface area (Å²) in [6.45, 7) is 1.39. The predicted molar refractivity (Wildman–Crippen MR) is 81.0 cm³/mol. The molecule has 2 aromatic carbocycles. The van der Waals surface area contributed by atoms with Crippen molar-refractivity contribution in [1.82, 2.24) is 0 Å². The van der Waals surface area contributed by atoms with Crippen molar-refractivity contribution in [3.05, 3.63) is 59.9 Å². The fourth-order valence-electron chi connectivity index (χ4n) is 2.13. The first-order valence-electron chi connectivity index (χ1n) is 6.60. The highest BCUT2D eigenvalue weighted by Gasteiger charge is 2.31. The fraction of sp³-hybridized carbons (Fsp3) is 0.250. The van der Waals surface area contributed by atoms with Crippen LogP contribution in [0.5, 0.6) is 5.75 Å². The van der Waals surface area contributed by atoms with E-state index in [9.17, 15) is 17.9 Å².